The molecule has 10 heteroatoms. The third kappa shape index (κ3) is 3.26. The third-order valence-corrected chi connectivity index (χ3v) is 4.17. The fourth-order valence-corrected chi connectivity index (χ4v) is 2.89. The number of imidazole rings is 1. The van der Waals surface area contributed by atoms with Crippen molar-refractivity contribution in [3.8, 4) is 0 Å². The van der Waals surface area contributed by atoms with Crippen LogP contribution in [0.2, 0.25) is 0 Å². The lowest BCUT2D eigenvalue weighted by atomic mass is 9.97. The van der Waals surface area contributed by atoms with Gasteiger partial charge in [-0.3, -0.25) is 4.79 Å². The Morgan fingerprint density at radius 1 is 1.42 bits per heavy atom. The fourth-order valence-electron chi connectivity index (χ4n) is 2.89. The summed E-state index contributed by atoms with van der Waals surface area (Å²) < 4.78 is 38.6. The standard InChI is InChI=1S/C14H17F3N6O/c1-22(13-11-12(19-7-18-11)20-8-21-13)6-10(24)23-4-2-3-9(5-23)14(15,16)17/h7-9H,2-6H2,1H3,(H,18,19,20,21). The Morgan fingerprint density at radius 3 is 2.96 bits per heavy atom. The van der Waals surface area contributed by atoms with E-state index in [-0.39, 0.29) is 25.4 Å². The molecule has 7 nitrogen and oxygen atoms in total. The molecule has 1 amide bonds. The molecule has 3 heterocycles. The second-order valence-electron chi connectivity index (χ2n) is 5.87. The van der Waals surface area contributed by atoms with E-state index >= 15 is 0 Å². The van der Waals surface area contributed by atoms with Crippen molar-refractivity contribution in [3.63, 3.8) is 0 Å². The summed E-state index contributed by atoms with van der Waals surface area (Å²) in [5.74, 6) is -1.31. The molecule has 0 saturated carbocycles. The van der Waals surface area contributed by atoms with Crippen LogP contribution >= 0.6 is 0 Å². The number of aromatic nitrogens is 4. The Labute approximate surface area is 135 Å². The van der Waals surface area contributed by atoms with Gasteiger partial charge in [0.25, 0.3) is 0 Å². The van der Waals surface area contributed by atoms with Crippen molar-refractivity contribution in [2.45, 2.75) is 19.0 Å². The van der Waals surface area contributed by atoms with Gasteiger partial charge in [0.05, 0.1) is 18.8 Å². The number of piperidine rings is 1. The molecular formula is C14H17F3N6O. The highest BCUT2D eigenvalue weighted by Gasteiger charge is 2.42. The molecule has 130 valence electrons. The molecule has 0 radical (unpaired) electrons. The van der Waals surface area contributed by atoms with Gasteiger partial charge in [0.15, 0.2) is 11.5 Å². The largest absolute Gasteiger partial charge is 0.393 e. The number of rotatable bonds is 3. The molecule has 0 aromatic carbocycles. The molecule has 0 aliphatic carbocycles. The molecule has 1 N–H and O–H groups in total. The van der Waals surface area contributed by atoms with E-state index in [0.717, 1.165) is 0 Å². The normalized spacial score (nSPS) is 18.8. The summed E-state index contributed by atoms with van der Waals surface area (Å²) in [6.07, 6.45) is -1.03. The van der Waals surface area contributed by atoms with Gasteiger partial charge in [-0.05, 0) is 12.8 Å². The van der Waals surface area contributed by atoms with Crippen molar-refractivity contribution in [3.05, 3.63) is 12.7 Å². The van der Waals surface area contributed by atoms with E-state index in [1.165, 1.54) is 17.6 Å². The zero-order chi connectivity index (χ0) is 17.3. The highest BCUT2D eigenvalue weighted by molar-refractivity contribution is 5.87. The molecule has 1 saturated heterocycles. The number of halogens is 3. The first kappa shape index (κ1) is 16.5. The van der Waals surface area contributed by atoms with Gasteiger partial charge in [-0.25, -0.2) is 15.0 Å². The number of H-pyrrole nitrogens is 1. The number of likely N-dealkylation sites (N-methyl/N-ethyl adjacent to an activating group) is 1. The smallest absolute Gasteiger partial charge is 0.348 e. The molecule has 1 atom stereocenters. The lowest BCUT2D eigenvalue weighted by Gasteiger charge is -2.34. The first-order valence-electron chi connectivity index (χ1n) is 7.56. The summed E-state index contributed by atoms with van der Waals surface area (Å²) in [7, 11) is 1.66. The molecule has 3 rings (SSSR count). The van der Waals surface area contributed by atoms with Crippen LogP contribution in [-0.2, 0) is 4.79 Å². The van der Waals surface area contributed by atoms with E-state index in [1.807, 2.05) is 0 Å². The van der Waals surface area contributed by atoms with Gasteiger partial charge in [-0.1, -0.05) is 0 Å². The number of aromatic amines is 1. The number of anilines is 1. The maximum atomic E-state index is 12.9. The summed E-state index contributed by atoms with van der Waals surface area (Å²) in [6.45, 7) is 0.0115. The van der Waals surface area contributed by atoms with Crippen LogP contribution < -0.4 is 4.90 Å². The van der Waals surface area contributed by atoms with E-state index in [1.54, 1.807) is 11.9 Å². The number of nitrogens with zero attached hydrogens (tertiary/aromatic N) is 5. The molecule has 0 bridgehead atoms. The molecule has 1 fully saturated rings. The second-order valence-corrected chi connectivity index (χ2v) is 5.87. The monoisotopic (exact) mass is 342 g/mol. The molecule has 24 heavy (non-hydrogen) atoms. The van der Waals surface area contributed by atoms with Crippen molar-refractivity contribution in [1.29, 1.82) is 0 Å². The van der Waals surface area contributed by atoms with E-state index in [9.17, 15) is 18.0 Å². The summed E-state index contributed by atoms with van der Waals surface area (Å²) in [5, 5.41) is 0. The maximum absolute atomic E-state index is 12.9. The predicted molar refractivity (Wildman–Crippen MR) is 80.3 cm³/mol. The van der Waals surface area contributed by atoms with Gasteiger partial charge >= 0.3 is 6.18 Å². The van der Waals surface area contributed by atoms with E-state index in [2.05, 4.69) is 19.9 Å². The molecule has 0 spiro atoms. The van der Waals surface area contributed by atoms with Crippen LogP contribution in [-0.4, -0.2) is 63.6 Å². The number of nitrogens with one attached hydrogen (secondary N) is 1. The van der Waals surface area contributed by atoms with Crippen molar-refractivity contribution in [1.82, 2.24) is 24.8 Å². The van der Waals surface area contributed by atoms with Crippen LogP contribution in [0.5, 0.6) is 0 Å². The Hall–Kier alpha value is -2.39. The number of carbonyl (C=O) groups is 1. The quantitative estimate of drug-likeness (QED) is 0.916. The van der Waals surface area contributed by atoms with Crippen LogP contribution in [0, 0.1) is 5.92 Å². The zero-order valence-electron chi connectivity index (χ0n) is 13.0. The topological polar surface area (TPSA) is 78.0 Å². The number of fused-ring (bicyclic) bond motifs is 1. The summed E-state index contributed by atoms with van der Waals surface area (Å²) >= 11 is 0. The molecule has 1 aliphatic rings. The number of carbonyl (C=O) groups excluding carboxylic acids is 1. The minimum Gasteiger partial charge on any atom is -0.348 e. The average Bonchev–Trinajstić information content (AvgIpc) is 3.02. The van der Waals surface area contributed by atoms with Gasteiger partial charge in [0, 0.05) is 20.1 Å². The van der Waals surface area contributed by atoms with Crippen LogP contribution in [0.4, 0.5) is 19.0 Å². The third-order valence-electron chi connectivity index (χ3n) is 4.17. The highest BCUT2D eigenvalue weighted by atomic mass is 19.4. The molecular weight excluding hydrogens is 325 g/mol. The average molecular weight is 342 g/mol. The first-order valence-corrected chi connectivity index (χ1v) is 7.56. The number of likely N-dealkylation sites (tertiary alicyclic amines) is 1. The highest BCUT2D eigenvalue weighted by Crippen LogP contribution is 2.33. The van der Waals surface area contributed by atoms with E-state index < -0.39 is 12.1 Å². The fraction of sp³-hybridized carbons (Fsp3) is 0.571. The SMILES string of the molecule is CN(CC(=O)N1CCCC(C(F)(F)F)C1)c1ncnc2nc[nH]c12. The van der Waals surface area contributed by atoms with Crippen LogP contribution in [0.25, 0.3) is 11.2 Å². The van der Waals surface area contributed by atoms with Gasteiger partial charge in [0.2, 0.25) is 5.91 Å². The minimum absolute atomic E-state index is 0.0598. The Balaban J connectivity index is 1.69. The van der Waals surface area contributed by atoms with Crippen molar-refractivity contribution in [2.75, 3.05) is 31.6 Å². The molecule has 1 aliphatic heterocycles. The van der Waals surface area contributed by atoms with Gasteiger partial charge < -0.3 is 14.8 Å². The van der Waals surface area contributed by atoms with Crippen LogP contribution in [0.3, 0.4) is 0 Å². The lowest BCUT2D eigenvalue weighted by molar-refractivity contribution is -0.187. The van der Waals surface area contributed by atoms with Crippen molar-refractivity contribution in [2.24, 2.45) is 5.92 Å². The first-order chi connectivity index (χ1) is 11.4. The number of amides is 1. The lowest BCUT2D eigenvalue weighted by Crippen LogP contribution is -2.47. The van der Waals surface area contributed by atoms with Gasteiger partial charge in [-0.2, -0.15) is 13.2 Å². The molecule has 1 unspecified atom stereocenters. The van der Waals surface area contributed by atoms with Crippen LogP contribution in [0.1, 0.15) is 12.8 Å². The van der Waals surface area contributed by atoms with Crippen LogP contribution in [0.15, 0.2) is 12.7 Å². The predicted octanol–water partition coefficient (Wildman–Crippen LogP) is 1.59. The van der Waals surface area contributed by atoms with Gasteiger partial charge in [-0.15, -0.1) is 0 Å². The zero-order valence-corrected chi connectivity index (χ0v) is 13.0. The summed E-state index contributed by atoms with van der Waals surface area (Å²) in [6, 6.07) is 0. The Kier molecular flexibility index (Phi) is 4.29. The van der Waals surface area contributed by atoms with E-state index in [0.29, 0.717) is 29.9 Å². The maximum Gasteiger partial charge on any atom is 0.393 e. The number of hydrogen-bond donors (Lipinski definition) is 1. The summed E-state index contributed by atoms with van der Waals surface area (Å²) in [5.41, 5.74) is 1.05. The van der Waals surface area contributed by atoms with Crippen molar-refractivity contribution < 1.29 is 18.0 Å². The van der Waals surface area contributed by atoms with Gasteiger partial charge in [0.1, 0.15) is 11.8 Å². The summed E-state index contributed by atoms with van der Waals surface area (Å²) in [4.78, 5) is 30.3. The van der Waals surface area contributed by atoms with E-state index in [4.69, 9.17) is 0 Å². The second kappa shape index (κ2) is 6.25. The Bertz CT molecular complexity index is 731. The molecule has 2 aromatic heterocycles. The number of hydrogen-bond acceptors (Lipinski definition) is 5. The Morgan fingerprint density at radius 2 is 2.21 bits per heavy atom. The molecule has 2 aromatic rings. The minimum atomic E-state index is -4.26. The number of alkyl halides is 3. The van der Waals surface area contributed by atoms with Crippen molar-refractivity contribution >= 4 is 22.9 Å².